The Morgan fingerprint density at radius 1 is 0.789 bits per heavy atom. The molecule has 5 aromatic rings. The standard InChI is InChI=1S/C32H26N2O4/c35-31(38-30-19-33-28-17-9-8-16-26(28)30)29(18-21-10-2-1-3-11-21)34-32(36)37-20-27-24-14-6-4-12-22(24)23-13-5-7-15-25(23)27/h1-17,19,27,29,33H,18,20H2,(H,34,36)/t29-/m0/s1. The van der Waals surface area contributed by atoms with Crippen molar-refractivity contribution in [1.29, 1.82) is 0 Å². The Morgan fingerprint density at radius 3 is 2.16 bits per heavy atom. The summed E-state index contributed by atoms with van der Waals surface area (Å²) in [6.45, 7) is 0.162. The number of nitrogens with one attached hydrogen (secondary N) is 2. The van der Waals surface area contributed by atoms with E-state index in [0.29, 0.717) is 5.75 Å². The average Bonchev–Trinajstić information content (AvgIpc) is 3.51. The van der Waals surface area contributed by atoms with E-state index >= 15 is 0 Å². The second-order valence-electron chi connectivity index (χ2n) is 9.33. The SMILES string of the molecule is O=C(N[C@@H](Cc1ccccc1)C(=O)Oc1c[nH]c2ccccc12)OCC1c2ccccc2-c2ccccc21. The number of esters is 1. The van der Waals surface area contributed by atoms with Crippen LogP contribution in [0.2, 0.25) is 0 Å². The normalized spacial score (nSPS) is 12.9. The number of hydrogen-bond acceptors (Lipinski definition) is 4. The summed E-state index contributed by atoms with van der Waals surface area (Å²) in [5.74, 6) is -0.219. The van der Waals surface area contributed by atoms with E-state index in [0.717, 1.165) is 38.7 Å². The zero-order valence-corrected chi connectivity index (χ0v) is 20.6. The Labute approximate surface area is 220 Å². The van der Waals surface area contributed by atoms with Crippen molar-refractivity contribution in [3.63, 3.8) is 0 Å². The van der Waals surface area contributed by atoms with E-state index in [-0.39, 0.29) is 18.9 Å². The van der Waals surface area contributed by atoms with Crippen LogP contribution >= 0.6 is 0 Å². The molecule has 188 valence electrons. The van der Waals surface area contributed by atoms with Gasteiger partial charge < -0.3 is 19.8 Å². The Kier molecular flexibility index (Phi) is 6.36. The molecule has 0 unspecified atom stereocenters. The molecule has 0 bridgehead atoms. The molecule has 2 N–H and O–H groups in total. The lowest BCUT2D eigenvalue weighted by Gasteiger charge is -2.19. The monoisotopic (exact) mass is 502 g/mol. The van der Waals surface area contributed by atoms with E-state index in [4.69, 9.17) is 9.47 Å². The van der Waals surface area contributed by atoms with Crippen molar-refractivity contribution >= 4 is 23.0 Å². The molecule has 1 aromatic heterocycles. The number of fused-ring (bicyclic) bond motifs is 4. The molecule has 0 fully saturated rings. The van der Waals surface area contributed by atoms with Crippen LogP contribution in [0.4, 0.5) is 4.79 Å². The van der Waals surface area contributed by atoms with Gasteiger partial charge in [0.05, 0.1) is 0 Å². The predicted molar refractivity (Wildman–Crippen MR) is 146 cm³/mol. The van der Waals surface area contributed by atoms with Gasteiger partial charge in [-0.05, 0) is 39.9 Å². The van der Waals surface area contributed by atoms with Crippen LogP contribution in [-0.2, 0) is 16.0 Å². The molecule has 0 saturated heterocycles. The lowest BCUT2D eigenvalue weighted by atomic mass is 9.98. The molecule has 0 aliphatic heterocycles. The molecule has 6 rings (SSSR count). The molecule has 1 amide bonds. The van der Waals surface area contributed by atoms with Crippen molar-refractivity contribution < 1.29 is 19.1 Å². The molecule has 6 nitrogen and oxygen atoms in total. The van der Waals surface area contributed by atoms with Crippen molar-refractivity contribution in [3.05, 3.63) is 126 Å². The number of H-pyrrole nitrogens is 1. The predicted octanol–water partition coefficient (Wildman–Crippen LogP) is 6.22. The average molecular weight is 503 g/mol. The summed E-state index contributed by atoms with van der Waals surface area (Å²) < 4.78 is 11.4. The number of para-hydroxylation sites is 1. The van der Waals surface area contributed by atoms with Gasteiger partial charge >= 0.3 is 12.1 Å². The molecule has 1 aliphatic rings. The Bertz CT molecular complexity index is 1560. The zero-order valence-electron chi connectivity index (χ0n) is 20.6. The minimum Gasteiger partial charge on any atom is -0.449 e. The second-order valence-corrected chi connectivity index (χ2v) is 9.33. The molecule has 0 spiro atoms. The van der Waals surface area contributed by atoms with Crippen LogP contribution in [0.25, 0.3) is 22.0 Å². The number of aromatic amines is 1. The summed E-state index contributed by atoms with van der Waals surface area (Å²) in [4.78, 5) is 29.4. The first kappa shape index (κ1) is 23.6. The van der Waals surface area contributed by atoms with Crippen molar-refractivity contribution in [1.82, 2.24) is 10.3 Å². The van der Waals surface area contributed by atoms with Gasteiger partial charge in [-0.15, -0.1) is 0 Å². The van der Waals surface area contributed by atoms with Gasteiger partial charge in [0.1, 0.15) is 12.6 Å². The maximum Gasteiger partial charge on any atom is 0.407 e. The highest BCUT2D eigenvalue weighted by Gasteiger charge is 2.30. The molecule has 0 radical (unpaired) electrons. The fourth-order valence-corrected chi connectivity index (χ4v) is 5.13. The van der Waals surface area contributed by atoms with Gasteiger partial charge in [0.25, 0.3) is 0 Å². The number of aromatic nitrogens is 1. The van der Waals surface area contributed by atoms with Gasteiger partial charge in [-0.3, -0.25) is 0 Å². The van der Waals surface area contributed by atoms with E-state index in [1.807, 2.05) is 78.9 Å². The Balaban J connectivity index is 1.18. The van der Waals surface area contributed by atoms with Gasteiger partial charge in [-0.25, -0.2) is 9.59 Å². The van der Waals surface area contributed by atoms with E-state index < -0.39 is 18.1 Å². The van der Waals surface area contributed by atoms with Gasteiger partial charge in [0.2, 0.25) is 0 Å². The number of carbonyl (C=O) groups is 2. The maximum absolute atomic E-state index is 13.3. The molecule has 1 atom stereocenters. The van der Waals surface area contributed by atoms with E-state index in [2.05, 4.69) is 34.6 Å². The number of ether oxygens (including phenoxy) is 2. The van der Waals surface area contributed by atoms with Crippen LogP contribution in [0.1, 0.15) is 22.6 Å². The molecule has 1 heterocycles. The summed E-state index contributed by atoms with van der Waals surface area (Å²) in [5, 5.41) is 3.54. The quantitative estimate of drug-likeness (QED) is 0.259. The third-order valence-corrected chi connectivity index (χ3v) is 6.96. The minimum absolute atomic E-state index is 0.0705. The summed E-state index contributed by atoms with van der Waals surface area (Å²) >= 11 is 0. The lowest BCUT2D eigenvalue weighted by molar-refractivity contribution is -0.136. The number of carbonyl (C=O) groups excluding carboxylic acids is 2. The largest absolute Gasteiger partial charge is 0.449 e. The molecule has 0 saturated carbocycles. The van der Waals surface area contributed by atoms with Crippen LogP contribution in [-0.4, -0.2) is 29.7 Å². The molecule has 4 aromatic carbocycles. The molecular formula is C32H26N2O4. The highest BCUT2D eigenvalue weighted by atomic mass is 16.6. The lowest BCUT2D eigenvalue weighted by Crippen LogP contribution is -2.45. The summed E-state index contributed by atoms with van der Waals surface area (Å²) in [5.41, 5.74) is 6.32. The Hall–Kier alpha value is -4.84. The van der Waals surface area contributed by atoms with E-state index in [1.165, 1.54) is 0 Å². The van der Waals surface area contributed by atoms with Crippen LogP contribution in [0.5, 0.6) is 5.75 Å². The van der Waals surface area contributed by atoms with Crippen molar-refractivity contribution in [3.8, 4) is 16.9 Å². The van der Waals surface area contributed by atoms with E-state index in [9.17, 15) is 9.59 Å². The molecule has 38 heavy (non-hydrogen) atoms. The number of alkyl carbamates (subject to hydrolysis) is 1. The molecule has 6 heteroatoms. The second kappa shape index (κ2) is 10.3. The molecule has 1 aliphatic carbocycles. The summed E-state index contributed by atoms with van der Waals surface area (Å²) in [6, 6.07) is 32.5. The number of hydrogen-bond donors (Lipinski definition) is 2. The van der Waals surface area contributed by atoms with Gasteiger partial charge in [0.15, 0.2) is 5.75 Å². The number of amides is 1. The van der Waals surface area contributed by atoms with Crippen LogP contribution in [0.15, 0.2) is 109 Å². The summed E-state index contributed by atoms with van der Waals surface area (Å²) in [6.07, 6.45) is 1.26. The maximum atomic E-state index is 13.3. The highest BCUT2D eigenvalue weighted by Crippen LogP contribution is 2.44. The number of rotatable bonds is 7. The smallest absolute Gasteiger partial charge is 0.407 e. The zero-order chi connectivity index (χ0) is 25.9. The fourth-order valence-electron chi connectivity index (χ4n) is 5.13. The minimum atomic E-state index is -0.929. The summed E-state index contributed by atoms with van der Waals surface area (Å²) in [7, 11) is 0. The van der Waals surface area contributed by atoms with E-state index in [1.54, 1.807) is 6.20 Å². The van der Waals surface area contributed by atoms with Crippen LogP contribution < -0.4 is 10.1 Å². The van der Waals surface area contributed by atoms with Crippen LogP contribution in [0, 0.1) is 0 Å². The van der Waals surface area contributed by atoms with Crippen molar-refractivity contribution in [2.24, 2.45) is 0 Å². The van der Waals surface area contributed by atoms with Crippen molar-refractivity contribution in [2.75, 3.05) is 6.61 Å². The third-order valence-electron chi connectivity index (χ3n) is 6.96. The van der Waals surface area contributed by atoms with Crippen LogP contribution in [0.3, 0.4) is 0 Å². The fraction of sp³-hybridized carbons (Fsp3) is 0.125. The first-order chi connectivity index (χ1) is 18.7. The van der Waals surface area contributed by atoms with Gasteiger partial charge in [0, 0.05) is 29.4 Å². The van der Waals surface area contributed by atoms with Gasteiger partial charge in [-0.2, -0.15) is 0 Å². The topological polar surface area (TPSA) is 80.4 Å². The Morgan fingerprint density at radius 2 is 1.42 bits per heavy atom. The molecular weight excluding hydrogens is 476 g/mol. The van der Waals surface area contributed by atoms with Crippen molar-refractivity contribution in [2.45, 2.75) is 18.4 Å². The highest BCUT2D eigenvalue weighted by molar-refractivity contribution is 5.90. The van der Waals surface area contributed by atoms with Gasteiger partial charge in [-0.1, -0.05) is 91.0 Å². The third kappa shape index (κ3) is 4.64. The number of benzene rings is 4. The first-order valence-electron chi connectivity index (χ1n) is 12.6. The first-order valence-corrected chi connectivity index (χ1v) is 12.6.